The van der Waals surface area contributed by atoms with E-state index in [1.54, 1.807) is 24.3 Å². The highest BCUT2D eigenvalue weighted by Crippen LogP contribution is 2.02. The molecule has 1 aromatic rings. The Balaban J connectivity index is 0. The Morgan fingerprint density at radius 1 is 0.765 bits per heavy atom. The van der Waals surface area contributed by atoms with E-state index in [9.17, 15) is 16.8 Å². The average molecular weight is 286 g/mol. The van der Waals surface area contributed by atoms with Gasteiger partial charge in [0.05, 0.1) is 0 Å². The van der Waals surface area contributed by atoms with Gasteiger partial charge in [-0.3, -0.25) is 0 Å². The number of nitrogens with two attached hydrogens (primary N) is 4. The van der Waals surface area contributed by atoms with Crippen molar-refractivity contribution < 1.29 is 21.9 Å². The molecule has 0 atom stereocenters. The summed E-state index contributed by atoms with van der Waals surface area (Å²) >= 11 is 0. The van der Waals surface area contributed by atoms with Crippen molar-refractivity contribution >= 4 is 20.4 Å². The summed E-state index contributed by atoms with van der Waals surface area (Å²) in [5.41, 5.74) is 0. The molecule has 0 aliphatic heterocycles. The lowest BCUT2D eigenvalue weighted by Gasteiger charge is -1.82. The van der Waals surface area contributed by atoms with Crippen molar-refractivity contribution in [3.8, 4) is 5.75 Å². The monoisotopic (exact) mass is 286 g/mol. The fourth-order valence-electron chi connectivity index (χ4n) is 0.428. The van der Waals surface area contributed by atoms with Crippen molar-refractivity contribution in [2.75, 3.05) is 0 Å². The van der Waals surface area contributed by atoms with Crippen molar-refractivity contribution in [1.82, 2.24) is 0 Å². The number of aromatic hydroxyl groups is 1. The molecule has 0 aliphatic rings. The zero-order valence-electron chi connectivity index (χ0n) is 8.59. The van der Waals surface area contributed by atoms with E-state index < -0.39 is 20.4 Å². The molecule has 11 heteroatoms. The van der Waals surface area contributed by atoms with Gasteiger partial charge in [0.25, 0.3) is 20.4 Å². The Hall–Kier alpha value is -1.24. The van der Waals surface area contributed by atoms with E-state index in [4.69, 9.17) is 5.11 Å². The number of hydrogen-bond acceptors (Lipinski definition) is 5. The van der Waals surface area contributed by atoms with Crippen LogP contribution in [0.3, 0.4) is 0 Å². The maximum Gasteiger partial charge on any atom is 0.271 e. The zero-order valence-corrected chi connectivity index (χ0v) is 10.2. The lowest BCUT2D eigenvalue weighted by atomic mass is 10.3. The van der Waals surface area contributed by atoms with Crippen LogP contribution in [0.4, 0.5) is 0 Å². The van der Waals surface area contributed by atoms with Crippen LogP contribution >= 0.6 is 0 Å². The average Bonchev–Trinajstić information content (AvgIpc) is 1.98. The molecular formula is C6H14N4O5S2. The van der Waals surface area contributed by atoms with E-state index in [1.807, 2.05) is 6.07 Å². The molecule has 1 rings (SSSR count). The summed E-state index contributed by atoms with van der Waals surface area (Å²) in [6.07, 6.45) is 0. The van der Waals surface area contributed by atoms with E-state index in [1.165, 1.54) is 0 Å². The summed E-state index contributed by atoms with van der Waals surface area (Å²) in [4.78, 5) is 0. The summed E-state index contributed by atoms with van der Waals surface area (Å²) in [5, 5.41) is 25.0. The van der Waals surface area contributed by atoms with Crippen LogP contribution in [0.1, 0.15) is 0 Å². The molecule has 0 aliphatic carbocycles. The van der Waals surface area contributed by atoms with Gasteiger partial charge in [-0.15, -0.1) is 0 Å². The Labute approximate surface area is 99.4 Å². The van der Waals surface area contributed by atoms with Gasteiger partial charge in [0, 0.05) is 0 Å². The Bertz CT molecular complexity index is 452. The van der Waals surface area contributed by atoms with E-state index in [-0.39, 0.29) is 0 Å². The minimum atomic E-state index is -3.67. The lowest BCUT2D eigenvalue weighted by molar-refractivity contribution is 0.475. The first kappa shape index (κ1) is 18.1. The molecule has 0 aromatic heterocycles. The van der Waals surface area contributed by atoms with Crippen LogP contribution in [0.5, 0.6) is 5.75 Å². The molecule has 0 heterocycles. The molecule has 0 amide bonds. The van der Waals surface area contributed by atoms with Crippen molar-refractivity contribution in [2.45, 2.75) is 0 Å². The summed E-state index contributed by atoms with van der Waals surface area (Å²) in [6.45, 7) is 0. The number of hydrogen-bond donors (Lipinski definition) is 5. The van der Waals surface area contributed by atoms with Crippen LogP contribution in [0, 0.1) is 0 Å². The van der Waals surface area contributed by atoms with Crippen molar-refractivity contribution in [2.24, 2.45) is 20.6 Å². The van der Waals surface area contributed by atoms with Crippen molar-refractivity contribution in [3.05, 3.63) is 30.3 Å². The first-order valence-corrected chi connectivity index (χ1v) is 6.96. The van der Waals surface area contributed by atoms with Gasteiger partial charge in [-0.2, -0.15) is 16.8 Å². The van der Waals surface area contributed by atoms with Gasteiger partial charge >= 0.3 is 0 Å². The number of benzene rings is 1. The molecule has 100 valence electrons. The first-order chi connectivity index (χ1) is 7.39. The highest BCUT2D eigenvalue weighted by molar-refractivity contribution is 7.87. The number of para-hydroxylation sites is 1. The van der Waals surface area contributed by atoms with Gasteiger partial charge in [0.15, 0.2) is 0 Å². The van der Waals surface area contributed by atoms with Crippen LogP contribution in [0.25, 0.3) is 0 Å². The van der Waals surface area contributed by atoms with E-state index in [2.05, 4.69) is 20.6 Å². The van der Waals surface area contributed by atoms with Crippen LogP contribution < -0.4 is 20.6 Å². The van der Waals surface area contributed by atoms with Crippen molar-refractivity contribution in [1.29, 1.82) is 0 Å². The molecule has 17 heavy (non-hydrogen) atoms. The molecule has 0 spiro atoms. The predicted octanol–water partition coefficient (Wildman–Crippen LogP) is -2.31. The van der Waals surface area contributed by atoms with Crippen LogP contribution in [0.15, 0.2) is 30.3 Å². The molecule has 9 nitrogen and oxygen atoms in total. The van der Waals surface area contributed by atoms with Gasteiger partial charge in [0.1, 0.15) is 5.75 Å². The normalized spacial score (nSPS) is 10.4. The Morgan fingerprint density at radius 3 is 1.12 bits per heavy atom. The second-order valence-corrected chi connectivity index (χ2v) is 4.87. The molecule has 9 N–H and O–H groups in total. The highest BCUT2D eigenvalue weighted by Gasteiger charge is 1.79. The minimum Gasteiger partial charge on any atom is -0.508 e. The number of phenols is 1. The molecule has 0 unspecified atom stereocenters. The Kier molecular flexibility index (Phi) is 8.47. The third-order valence-corrected chi connectivity index (χ3v) is 0.756. The highest BCUT2D eigenvalue weighted by atomic mass is 32.2. The molecule has 0 bridgehead atoms. The zero-order chi connectivity index (χ0) is 14.1. The molecule has 0 radical (unpaired) electrons. The fourth-order valence-corrected chi connectivity index (χ4v) is 0.428. The topological polar surface area (TPSA) is 193 Å². The number of rotatable bonds is 0. The van der Waals surface area contributed by atoms with Gasteiger partial charge in [-0.1, -0.05) is 18.2 Å². The summed E-state index contributed by atoms with van der Waals surface area (Å²) in [5.74, 6) is 0.322. The number of phenolic OH excluding ortho intramolecular Hbond substituents is 1. The third-order valence-electron chi connectivity index (χ3n) is 0.756. The first-order valence-electron chi connectivity index (χ1n) is 3.74. The quantitative estimate of drug-likeness (QED) is 0.357. The maximum atomic E-state index is 9.19. The maximum absolute atomic E-state index is 9.19. The van der Waals surface area contributed by atoms with Gasteiger partial charge < -0.3 is 5.11 Å². The molecule has 0 saturated heterocycles. The summed E-state index contributed by atoms with van der Waals surface area (Å²) < 4.78 is 36.8. The molecule has 1 aromatic carbocycles. The van der Waals surface area contributed by atoms with Crippen LogP contribution in [0.2, 0.25) is 0 Å². The van der Waals surface area contributed by atoms with Gasteiger partial charge in [-0.25, -0.2) is 20.6 Å². The van der Waals surface area contributed by atoms with Gasteiger partial charge in [0.2, 0.25) is 0 Å². The van der Waals surface area contributed by atoms with Crippen LogP contribution in [-0.4, -0.2) is 21.9 Å². The van der Waals surface area contributed by atoms with E-state index >= 15 is 0 Å². The molecular weight excluding hydrogens is 272 g/mol. The second kappa shape index (κ2) is 7.94. The predicted molar refractivity (Wildman–Crippen MR) is 62.7 cm³/mol. The summed E-state index contributed by atoms with van der Waals surface area (Å²) in [6, 6.07) is 8.71. The van der Waals surface area contributed by atoms with E-state index in [0.29, 0.717) is 5.75 Å². The summed E-state index contributed by atoms with van der Waals surface area (Å²) in [7, 11) is -7.33. The standard InChI is InChI=1S/C6H6O.2H4N2O2S/c7-6-4-2-1-3-5-6;2*1-5(2,3)4/h1-5,7H;2*(H4,1,2,3,4). The lowest BCUT2D eigenvalue weighted by Crippen LogP contribution is -2.21. The Morgan fingerprint density at radius 2 is 1.00 bits per heavy atom. The molecule has 0 fully saturated rings. The van der Waals surface area contributed by atoms with Crippen molar-refractivity contribution in [3.63, 3.8) is 0 Å². The van der Waals surface area contributed by atoms with Crippen LogP contribution in [-0.2, 0) is 20.4 Å². The second-order valence-electron chi connectivity index (χ2n) is 2.51. The fraction of sp³-hybridized carbons (Fsp3) is 0. The minimum absolute atomic E-state index is 0.322. The van der Waals surface area contributed by atoms with E-state index in [0.717, 1.165) is 0 Å². The largest absolute Gasteiger partial charge is 0.508 e. The molecule has 0 saturated carbocycles. The third kappa shape index (κ3) is 52.6. The van der Waals surface area contributed by atoms with Gasteiger partial charge in [-0.05, 0) is 12.1 Å². The smallest absolute Gasteiger partial charge is 0.271 e. The SMILES string of the molecule is NS(N)(=O)=O.NS(N)(=O)=O.Oc1ccccc1.